The fourth-order valence-corrected chi connectivity index (χ4v) is 2.67. The van der Waals surface area contributed by atoms with Gasteiger partial charge in [-0.15, -0.1) is 0 Å². The second-order valence-electron chi connectivity index (χ2n) is 6.06. The lowest BCUT2D eigenvalue weighted by Gasteiger charge is -2.16. The SMILES string of the molecule is Cc1cc(OCC(=O)Nc2ccnc3ccnn23)c(C(C)C)cc1Cl. The van der Waals surface area contributed by atoms with E-state index in [0.29, 0.717) is 22.2 Å². The number of halogens is 1. The average molecular weight is 359 g/mol. The summed E-state index contributed by atoms with van der Waals surface area (Å²) in [7, 11) is 0. The maximum Gasteiger partial charge on any atom is 0.263 e. The van der Waals surface area contributed by atoms with Gasteiger partial charge in [0.2, 0.25) is 0 Å². The number of nitrogens with one attached hydrogen (secondary N) is 1. The maximum atomic E-state index is 12.3. The van der Waals surface area contributed by atoms with E-state index in [4.69, 9.17) is 16.3 Å². The van der Waals surface area contributed by atoms with Gasteiger partial charge in [0, 0.05) is 17.3 Å². The number of aromatic nitrogens is 3. The molecular formula is C18H19ClN4O2. The van der Waals surface area contributed by atoms with E-state index in [0.717, 1.165) is 11.1 Å². The van der Waals surface area contributed by atoms with E-state index in [2.05, 4.69) is 29.2 Å². The van der Waals surface area contributed by atoms with Gasteiger partial charge in [-0.1, -0.05) is 25.4 Å². The Morgan fingerprint density at radius 1 is 1.32 bits per heavy atom. The molecule has 3 rings (SSSR count). The summed E-state index contributed by atoms with van der Waals surface area (Å²) in [5.41, 5.74) is 2.55. The van der Waals surface area contributed by atoms with Crippen LogP contribution in [-0.2, 0) is 4.79 Å². The van der Waals surface area contributed by atoms with E-state index in [1.54, 1.807) is 29.0 Å². The van der Waals surface area contributed by atoms with Crippen LogP contribution in [-0.4, -0.2) is 27.1 Å². The van der Waals surface area contributed by atoms with E-state index >= 15 is 0 Å². The lowest BCUT2D eigenvalue weighted by molar-refractivity contribution is -0.118. The number of rotatable bonds is 5. The van der Waals surface area contributed by atoms with Crippen molar-refractivity contribution in [3.05, 3.63) is 52.8 Å². The lowest BCUT2D eigenvalue weighted by atomic mass is 10.0. The summed E-state index contributed by atoms with van der Waals surface area (Å²) in [6, 6.07) is 7.20. The van der Waals surface area contributed by atoms with Crippen LogP contribution in [0.15, 0.2) is 36.7 Å². The molecule has 25 heavy (non-hydrogen) atoms. The molecule has 0 radical (unpaired) electrons. The molecule has 0 bridgehead atoms. The third kappa shape index (κ3) is 3.74. The average Bonchev–Trinajstić information content (AvgIpc) is 3.05. The van der Waals surface area contributed by atoms with Crippen LogP contribution < -0.4 is 10.1 Å². The first-order valence-electron chi connectivity index (χ1n) is 7.97. The van der Waals surface area contributed by atoms with Crippen LogP contribution in [0.3, 0.4) is 0 Å². The van der Waals surface area contributed by atoms with Gasteiger partial charge in [-0.25, -0.2) is 4.98 Å². The zero-order chi connectivity index (χ0) is 18.0. The first kappa shape index (κ1) is 17.2. The van der Waals surface area contributed by atoms with Crippen LogP contribution >= 0.6 is 11.6 Å². The smallest absolute Gasteiger partial charge is 0.263 e. The number of aryl methyl sites for hydroxylation is 1. The number of anilines is 1. The molecule has 3 aromatic rings. The molecule has 2 heterocycles. The molecule has 1 amide bonds. The monoisotopic (exact) mass is 358 g/mol. The molecule has 0 saturated carbocycles. The van der Waals surface area contributed by atoms with Crippen molar-refractivity contribution in [2.24, 2.45) is 0 Å². The van der Waals surface area contributed by atoms with Gasteiger partial charge >= 0.3 is 0 Å². The topological polar surface area (TPSA) is 68.5 Å². The molecule has 6 nitrogen and oxygen atoms in total. The summed E-state index contributed by atoms with van der Waals surface area (Å²) in [4.78, 5) is 16.4. The Morgan fingerprint density at radius 2 is 2.12 bits per heavy atom. The third-order valence-electron chi connectivity index (χ3n) is 3.83. The zero-order valence-corrected chi connectivity index (χ0v) is 15.0. The molecule has 7 heteroatoms. The number of amides is 1. The minimum atomic E-state index is -0.273. The number of benzene rings is 1. The van der Waals surface area contributed by atoms with E-state index in [1.165, 1.54) is 0 Å². The lowest BCUT2D eigenvalue weighted by Crippen LogP contribution is -2.22. The summed E-state index contributed by atoms with van der Waals surface area (Å²) in [6.45, 7) is 5.91. The van der Waals surface area contributed by atoms with Crippen LogP contribution in [0.5, 0.6) is 5.75 Å². The van der Waals surface area contributed by atoms with E-state index in [1.807, 2.05) is 19.1 Å². The fourth-order valence-electron chi connectivity index (χ4n) is 2.50. The van der Waals surface area contributed by atoms with Crippen molar-refractivity contribution in [1.29, 1.82) is 0 Å². The van der Waals surface area contributed by atoms with Crippen LogP contribution in [0.4, 0.5) is 5.82 Å². The molecule has 130 valence electrons. The second-order valence-corrected chi connectivity index (χ2v) is 6.47. The van der Waals surface area contributed by atoms with Crippen LogP contribution in [0.1, 0.15) is 30.9 Å². The Labute approximate surface area is 150 Å². The highest BCUT2D eigenvalue weighted by Gasteiger charge is 2.13. The van der Waals surface area contributed by atoms with Gasteiger partial charge in [0.15, 0.2) is 12.3 Å². The van der Waals surface area contributed by atoms with Gasteiger partial charge in [0.25, 0.3) is 5.91 Å². The van der Waals surface area contributed by atoms with E-state index < -0.39 is 0 Å². The Bertz CT molecular complexity index is 921. The van der Waals surface area contributed by atoms with Crippen molar-refractivity contribution in [2.75, 3.05) is 11.9 Å². The van der Waals surface area contributed by atoms with E-state index in [9.17, 15) is 4.79 Å². The molecule has 0 spiro atoms. The zero-order valence-electron chi connectivity index (χ0n) is 14.3. The molecule has 0 aliphatic carbocycles. The molecule has 0 saturated heterocycles. The normalized spacial score (nSPS) is 11.1. The minimum absolute atomic E-state index is 0.105. The number of hydrogen-bond acceptors (Lipinski definition) is 4. The van der Waals surface area contributed by atoms with Crippen molar-refractivity contribution in [2.45, 2.75) is 26.7 Å². The first-order valence-corrected chi connectivity index (χ1v) is 8.35. The van der Waals surface area contributed by atoms with Gasteiger partial charge in [-0.3, -0.25) is 4.79 Å². The van der Waals surface area contributed by atoms with Gasteiger partial charge in [-0.2, -0.15) is 9.61 Å². The summed E-state index contributed by atoms with van der Waals surface area (Å²) in [6.07, 6.45) is 3.24. The summed E-state index contributed by atoms with van der Waals surface area (Å²) < 4.78 is 7.31. The maximum absolute atomic E-state index is 12.3. The summed E-state index contributed by atoms with van der Waals surface area (Å²) in [5, 5.41) is 7.61. The molecule has 0 atom stereocenters. The third-order valence-corrected chi connectivity index (χ3v) is 4.24. The molecule has 0 aliphatic rings. The number of nitrogens with zero attached hydrogens (tertiary/aromatic N) is 3. The fraction of sp³-hybridized carbons (Fsp3) is 0.278. The van der Waals surface area contributed by atoms with Crippen molar-refractivity contribution in [1.82, 2.24) is 14.6 Å². The Balaban J connectivity index is 1.72. The number of carbonyl (C=O) groups is 1. The molecule has 2 aromatic heterocycles. The summed E-state index contributed by atoms with van der Waals surface area (Å²) in [5.74, 6) is 1.18. The highest BCUT2D eigenvalue weighted by molar-refractivity contribution is 6.31. The van der Waals surface area contributed by atoms with Gasteiger partial charge in [0.1, 0.15) is 11.6 Å². The van der Waals surface area contributed by atoms with Gasteiger partial charge in [-0.05, 0) is 42.2 Å². The van der Waals surface area contributed by atoms with Crippen LogP contribution in [0.25, 0.3) is 5.65 Å². The predicted molar refractivity (Wildman–Crippen MR) is 97.4 cm³/mol. The van der Waals surface area contributed by atoms with Crippen molar-refractivity contribution < 1.29 is 9.53 Å². The molecule has 0 fully saturated rings. The Morgan fingerprint density at radius 3 is 2.88 bits per heavy atom. The number of fused-ring (bicyclic) bond motifs is 1. The molecule has 1 aromatic carbocycles. The van der Waals surface area contributed by atoms with Crippen molar-refractivity contribution >= 4 is 29.0 Å². The van der Waals surface area contributed by atoms with Gasteiger partial charge in [0.05, 0.1) is 6.20 Å². The first-order chi connectivity index (χ1) is 12.0. The predicted octanol–water partition coefficient (Wildman–Crippen LogP) is 3.83. The Hall–Kier alpha value is -2.60. The summed E-state index contributed by atoms with van der Waals surface area (Å²) >= 11 is 6.19. The molecule has 0 aliphatic heterocycles. The number of carbonyl (C=O) groups excluding carboxylic acids is 1. The van der Waals surface area contributed by atoms with Gasteiger partial charge < -0.3 is 10.1 Å². The van der Waals surface area contributed by atoms with Crippen molar-refractivity contribution in [3.63, 3.8) is 0 Å². The standard InChI is InChI=1S/C18H19ClN4O2/c1-11(2)13-9-14(19)12(3)8-15(13)25-10-18(24)22-17-4-6-20-16-5-7-21-23(16)17/h4-9,11H,10H2,1-3H3,(H,22,24). The largest absolute Gasteiger partial charge is 0.483 e. The number of ether oxygens (including phenoxy) is 1. The van der Waals surface area contributed by atoms with Crippen molar-refractivity contribution in [3.8, 4) is 5.75 Å². The van der Waals surface area contributed by atoms with Crippen LogP contribution in [0.2, 0.25) is 5.02 Å². The molecule has 1 N–H and O–H groups in total. The number of hydrogen-bond donors (Lipinski definition) is 1. The van der Waals surface area contributed by atoms with Crippen LogP contribution in [0, 0.1) is 6.92 Å². The minimum Gasteiger partial charge on any atom is -0.483 e. The second kappa shape index (κ2) is 7.11. The quantitative estimate of drug-likeness (QED) is 0.752. The van der Waals surface area contributed by atoms with E-state index in [-0.39, 0.29) is 18.4 Å². The Kier molecular flexibility index (Phi) is 4.90. The molecule has 0 unspecified atom stereocenters. The highest BCUT2D eigenvalue weighted by Crippen LogP contribution is 2.32. The molecular weight excluding hydrogens is 340 g/mol. The highest BCUT2D eigenvalue weighted by atomic mass is 35.5.